The zero-order valence-electron chi connectivity index (χ0n) is 20.6. The monoisotopic (exact) mass is 489 g/mol. The molecule has 9 heteroatoms. The summed E-state index contributed by atoms with van der Waals surface area (Å²) in [6, 6.07) is 7.12. The van der Waals surface area contributed by atoms with Gasteiger partial charge in [-0.3, -0.25) is 0 Å². The second-order valence-corrected chi connectivity index (χ2v) is 9.58. The first-order chi connectivity index (χ1) is 17.3. The molecule has 186 valence electrons. The highest BCUT2D eigenvalue weighted by molar-refractivity contribution is 5.83. The molecule has 1 aromatic carbocycles. The SMILES string of the molecule is Cc1nc2c(F)cc(-c3nc(Nc4ccc(C=C5CCC(N)CC5)cn4)ncc3F)cc2n1C(C)C. The van der Waals surface area contributed by atoms with Crippen molar-refractivity contribution in [1.82, 2.24) is 24.5 Å². The maximum Gasteiger partial charge on any atom is 0.229 e. The van der Waals surface area contributed by atoms with Gasteiger partial charge in [0.2, 0.25) is 5.95 Å². The number of nitrogens with zero attached hydrogens (tertiary/aromatic N) is 5. The molecule has 1 saturated carbocycles. The highest BCUT2D eigenvalue weighted by Gasteiger charge is 2.18. The third kappa shape index (κ3) is 4.83. The molecule has 5 rings (SSSR count). The summed E-state index contributed by atoms with van der Waals surface area (Å²) in [6.45, 7) is 5.81. The van der Waals surface area contributed by atoms with E-state index in [-0.39, 0.29) is 23.2 Å². The van der Waals surface area contributed by atoms with Gasteiger partial charge in [0.1, 0.15) is 22.9 Å². The minimum absolute atomic E-state index is 0.000630. The second-order valence-electron chi connectivity index (χ2n) is 9.58. The summed E-state index contributed by atoms with van der Waals surface area (Å²) in [5.74, 6) is 0.215. The van der Waals surface area contributed by atoms with Crippen molar-refractivity contribution in [2.45, 2.75) is 58.5 Å². The summed E-state index contributed by atoms with van der Waals surface area (Å²) in [5, 5.41) is 3.01. The summed E-state index contributed by atoms with van der Waals surface area (Å²) in [6.07, 6.45) is 9.05. The first kappa shape index (κ1) is 24.0. The smallest absolute Gasteiger partial charge is 0.229 e. The average Bonchev–Trinajstić information content (AvgIpc) is 3.19. The van der Waals surface area contributed by atoms with Crippen LogP contribution in [0.15, 0.2) is 42.2 Å². The molecule has 0 aliphatic heterocycles. The molecule has 0 bridgehead atoms. The Kier molecular flexibility index (Phi) is 6.49. The van der Waals surface area contributed by atoms with Crippen LogP contribution in [-0.2, 0) is 0 Å². The lowest BCUT2D eigenvalue weighted by molar-refractivity contribution is 0.514. The summed E-state index contributed by atoms with van der Waals surface area (Å²) >= 11 is 0. The molecule has 3 aromatic heterocycles. The number of allylic oxidation sites excluding steroid dienone is 1. The van der Waals surface area contributed by atoms with Crippen LogP contribution in [0.2, 0.25) is 0 Å². The van der Waals surface area contributed by atoms with Gasteiger partial charge >= 0.3 is 0 Å². The standard InChI is InChI=1S/C27H29F2N7/c1-15(2)36-16(3)33-26-21(28)11-19(12-23(26)36)25-22(29)14-32-27(35-25)34-24-9-6-18(13-31-24)10-17-4-7-20(30)8-5-17/h6,9-15,20H,4-5,7-8,30H2,1-3H3,(H,31,32,34,35). The molecule has 0 radical (unpaired) electrons. The van der Waals surface area contributed by atoms with E-state index in [4.69, 9.17) is 5.73 Å². The van der Waals surface area contributed by atoms with Gasteiger partial charge in [0.25, 0.3) is 0 Å². The molecule has 0 saturated heterocycles. The zero-order valence-corrected chi connectivity index (χ0v) is 20.6. The Balaban J connectivity index is 1.41. The average molecular weight is 490 g/mol. The maximum absolute atomic E-state index is 14.9. The van der Waals surface area contributed by atoms with Gasteiger partial charge in [-0.15, -0.1) is 0 Å². The number of nitrogens with one attached hydrogen (secondary N) is 1. The van der Waals surface area contributed by atoms with E-state index in [0.29, 0.717) is 28.8 Å². The lowest BCUT2D eigenvalue weighted by atomic mass is 9.90. The van der Waals surface area contributed by atoms with Gasteiger partial charge < -0.3 is 15.6 Å². The number of halogens is 2. The van der Waals surface area contributed by atoms with Crippen molar-refractivity contribution >= 4 is 28.9 Å². The lowest BCUT2D eigenvalue weighted by Crippen LogP contribution is -2.23. The fourth-order valence-corrected chi connectivity index (χ4v) is 4.76. The van der Waals surface area contributed by atoms with Crippen LogP contribution in [-0.4, -0.2) is 30.5 Å². The van der Waals surface area contributed by atoms with Crippen LogP contribution in [0.5, 0.6) is 0 Å². The molecule has 36 heavy (non-hydrogen) atoms. The molecule has 3 heterocycles. The minimum atomic E-state index is -0.645. The summed E-state index contributed by atoms with van der Waals surface area (Å²) in [4.78, 5) is 17.2. The molecular formula is C27H29F2N7. The van der Waals surface area contributed by atoms with Crippen LogP contribution in [0.25, 0.3) is 28.4 Å². The molecule has 1 aliphatic rings. The predicted octanol–water partition coefficient (Wildman–Crippen LogP) is 6.08. The van der Waals surface area contributed by atoms with Crippen molar-refractivity contribution in [3.05, 3.63) is 65.3 Å². The van der Waals surface area contributed by atoms with Crippen molar-refractivity contribution < 1.29 is 8.78 Å². The molecule has 1 fully saturated rings. The van der Waals surface area contributed by atoms with Crippen molar-refractivity contribution in [1.29, 1.82) is 0 Å². The normalized spacial score (nSPS) is 16.1. The Labute approximate surface area is 208 Å². The zero-order chi connectivity index (χ0) is 25.4. The van der Waals surface area contributed by atoms with Crippen molar-refractivity contribution in [2.75, 3.05) is 5.32 Å². The fraction of sp³-hybridized carbons (Fsp3) is 0.333. The van der Waals surface area contributed by atoms with Gasteiger partial charge in [-0.05, 0) is 76.3 Å². The number of fused-ring (bicyclic) bond motifs is 1. The Morgan fingerprint density at radius 3 is 2.53 bits per heavy atom. The van der Waals surface area contributed by atoms with E-state index in [2.05, 4.69) is 31.3 Å². The molecular weight excluding hydrogens is 460 g/mol. The van der Waals surface area contributed by atoms with Gasteiger partial charge in [0.05, 0.1) is 11.7 Å². The number of benzene rings is 1. The Morgan fingerprint density at radius 1 is 1.06 bits per heavy atom. The first-order valence-electron chi connectivity index (χ1n) is 12.2. The number of hydrogen-bond donors (Lipinski definition) is 2. The molecule has 1 aliphatic carbocycles. The van der Waals surface area contributed by atoms with Crippen LogP contribution in [0, 0.1) is 18.6 Å². The lowest BCUT2D eigenvalue weighted by Gasteiger charge is -2.20. The van der Waals surface area contributed by atoms with E-state index in [1.54, 1.807) is 12.3 Å². The van der Waals surface area contributed by atoms with Gasteiger partial charge in [-0.25, -0.2) is 28.7 Å². The molecule has 7 nitrogen and oxygen atoms in total. The maximum atomic E-state index is 14.9. The molecule has 3 N–H and O–H groups in total. The largest absolute Gasteiger partial charge is 0.328 e. The summed E-state index contributed by atoms with van der Waals surface area (Å²) in [5.41, 5.74) is 9.53. The van der Waals surface area contributed by atoms with E-state index in [1.165, 1.54) is 11.6 Å². The van der Waals surface area contributed by atoms with Crippen LogP contribution < -0.4 is 11.1 Å². The van der Waals surface area contributed by atoms with Crippen molar-refractivity contribution in [3.8, 4) is 11.3 Å². The van der Waals surface area contributed by atoms with Gasteiger partial charge in [-0.2, -0.15) is 0 Å². The van der Waals surface area contributed by atoms with E-state index >= 15 is 0 Å². The Bertz CT molecular complexity index is 1430. The number of rotatable bonds is 5. The predicted molar refractivity (Wildman–Crippen MR) is 138 cm³/mol. The van der Waals surface area contributed by atoms with Crippen LogP contribution >= 0.6 is 0 Å². The molecule has 0 amide bonds. The van der Waals surface area contributed by atoms with Crippen molar-refractivity contribution in [3.63, 3.8) is 0 Å². The van der Waals surface area contributed by atoms with Gasteiger partial charge in [0.15, 0.2) is 11.6 Å². The Hall–Kier alpha value is -3.72. The molecule has 0 unspecified atom stereocenters. The van der Waals surface area contributed by atoms with E-state index in [9.17, 15) is 8.78 Å². The number of aryl methyl sites for hydroxylation is 1. The summed E-state index contributed by atoms with van der Waals surface area (Å²) < 4.78 is 31.6. The summed E-state index contributed by atoms with van der Waals surface area (Å²) in [7, 11) is 0. The molecule has 0 spiro atoms. The topological polar surface area (TPSA) is 94.5 Å². The van der Waals surface area contributed by atoms with E-state index in [1.807, 2.05) is 37.5 Å². The Morgan fingerprint density at radius 2 is 1.83 bits per heavy atom. The van der Waals surface area contributed by atoms with Gasteiger partial charge in [0, 0.05) is 23.8 Å². The van der Waals surface area contributed by atoms with Crippen LogP contribution in [0.1, 0.15) is 57.0 Å². The molecule has 4 aromatic rings. The fourth-order valence-electron chi connectivity index (χ4n) is 4.76. The number of anilines is 2. The highest BCUT2D eigenvalue weighted by Crippen LogP contribution is 2.30. The minimum Gasteiger partial charge on any atom is -0.328 e. The van der Waals surface area contributed by atoms with E-state index in [0.717, 1.165) is 37.4 Å². The number of aromatic nitrogens is 5. The third-order valence-electron chi connectivity index (χ3n) is 6.53. The third-order valence-corrected chi connectivity index (χ3v) is 6.53. The van der Waals surface area contributed by atoms with Gasteiger partial charge in [-0.1, -0.05) is 11.6 Å². The quantitative estimate of drug-likeness (QED) is 0.353. The number of nitrogens with two attached hydrogens (primary N) is 1. The van der Waals surface area contributed by atoms with Crippen LogP contribution in [0.4, 0.5) is 20.5 Å². The van der Waals surface area contributed by atoms with E-state index < -0.39 is 11.6 Å². The van der Waals surface area contributed by atoms with Crippen molar-refractivity contribution in [2.24, 2.45) is 5.73 Å². The number of hydrogen-bond acceptors (Lipinski definition) is 6. The van der Waals surface area contributed by atoms with Crippen LogP contribution in [0.3, 0.4) is 0 Å². The second kappa shape index (κ2) is 9.73. The molecule has 0 atom stereocenters. The number of imidazole rings is 1. The first-order valence-corrected chi connectivity index (χ1v) is 12.2. The number of pyridine rings is 1. The highest BCUT2D eigenvalue weighted by atomic mass is 19.1.